The zero-order chi connectivity index (χ0) is 31.6. The highest BCUT2D eigenvalue weighted by atomic mass is 32.2. The molecule has 0 unspecified atom stereocenters. The number of likely N-dealkylation sites (tertiary alicyclic amines) is 1. The maximum Gasteiger partial charge on any atom is 0.229 e. The summed E-state index contributed by atoms with van der Waals surface area (Å²) >= 11 is 0. The number of piperidine rings is 1. The molecule has 3 aromatic carbocycles. The summed E-state index contributed by atoms with van der Waals surface area (Å²) in [5.41, 5.74) is 4.39. The number of rotatable bonds is 10. The Hall–Kier alpha value is -3.89. The molecule has 0 amide bonds. The van der Waals surface area contributed by atoms with Crippen molar-refractivity contribution in [1.82, 2.24) is 14.9 Å². The fraction of sp³-hybridized carbons (Fsp3) is 0.412. The molecule has 1 saturated heterocycles. The summed E-state index contributed by atoms with van der Waals surface area (Å²) < 4.78 is 38.2. The Morgan fingerprint density at radius 2 is 1.66 bits per heavy atom. The minimum absolute atomic E-state index is 0.0229. The zero-order valence-corrected chi connectivity index (χ0v) is 27.5. The number of hydrogen-bond acceptors (Lipinski definition) is 9. The van der Waals surface area contributed by atoms with Gasteiger partial charge in [-0.15, -0.1) is 0 Å². The normalized spacial score (nSPS) is 14.8. The summed E-state index contributed by atoms with van der Waals surface area (Å²) in [6.07, 6.45) is 2.21. The quantitative estimate of drug-likeness (QED) is 0.191. The predicted octanol–water partition coefficient (Wildman–Crippen LogP) is 7.21. The van der Waals surface area contributed by atoms with E-state index >= 15 is 0 Å². The van der Waals surface area contributed by atoms with E-state index in [0.717, 1.165) is 37.4 Å². The fourth-order valence-corrected chi connectivity index (χ4v) is 6.82. The molecule has 234 valence electrons. The van der Waals surface area contributed by atoms with Crippen molar-refractivity contribution in [2.24, 2.45) is 0 Å². The number of anilines is 4. The number of nitrogens with zero attached hydrogens (tertiary/aromatic N) is 3. The molecular weight excluding hydrogens is 574 g/mol. The van der Waals surface area contributed by atoms with Crippen molar-refractivity contribution < 1.29 is 17.9 Å². The molecule has 5 rings (SSSR count). The first-order valence-electron chi connectivity index (χ1n) is 15.2. The number of aromatic nitrogens is 2. The third-order valence-electron chi connectivity index (χ3n) is 8.11. The number of nitrogens with one attached hydrogen (secondary N) is 2. The summed E-state index contributed by atoms with van der Waals surface area (Å²) in [6.45, 7) is 11.7. The molecular formula is C34H43N5O4S. The average molecular weight is 618 g/mol. The van der Waals surface area contributed by atoms with Crippen LogP contribution in [0.15, 0.2) is 59.5 Å². The molecule has 0 radical (unpaired) electrons. The van der Waals surface area contributed by atoms with E-state index in [0.29, 0.717) is 40.0 Å². The van der Waals surface area contributed by atoms with Crippen LogP contribution in [0.25, 0.3) is 10.9 Å². The molecule has 0 atom stereocenters. The first kappa shape index (κ1) is 31.5. The third-order valence-corrected chi connectivity index (χ3v) is 10.3. The Morgan fingerprint density at radius 3 is 2.34 bits per heavy atom. The fourth-order valence-electron chi connectivity index (χ4n) is 5.62. The molecule has 9 nitrogen and oxygen atoms in total. The number of methoxy groups -OCH3 is 1. The summed E-state index contributed by atoms with van der Waals surface area (Å²) in [5.74, 6) is 2.68. The van der Waals surface area contributed by atoms with Crippen molar-refractivity contribution in [2.75, 3.05) is 37.9 Å². The van der Waals surface area contributed by atoms with Crippen molar-refractivity contribution in [1.29, 1.82) is 0 Å². The van der Waals surface area contributed by atoms with Gasteiger partial charge in [0.15, 0.2) is 9.84 Å². The molecule has 1 aliphatic heterocycles. The number of para-hydroxylation sites is 1. The van der Waals surface area contributed by atoms with Crippen molar-refractivity contribution >= 4 is 43.9 Å². The SMILES string of the molecule is COc1ccc2nc(Nc3cc(C)c(C4CCN(C)CC4)cc3OC(C)C)nc(Nc3ccccc3S(=O)(=O)C(C)C)c2c1. The first-order chi connectivity index (χ1) is 21.0. The van der Waals surface area contributed by atoms with Crippen molar-refractivity contribution in [3.63, 3.8) is 0 Å². The molecule has 0 bridgehead atoms. The lowest BCUT2D eigenvalue weighted by Crippen LogP contribution is -2.29. The molecule has 2 N–H and O–H groups in total. The van der Waals surface area contributed by atoms with Crippen LogP contribution in [0.5, 0.6) is 11.5 Å². The molecule has 1 aromatic heterocycles. The second-order valence-electron chi connectivity index (χ2n) is 12.1. The largest absolute Gasteiger partial charge is 0.497 e. The topological polar surface area (TPSA) is 106 Å². The number of aryl methyl sites for hydroxylation is 1. The molecule has 0 spiro atoms. The van der Waals surface area contributed by atoms with Gasteiger partial charge in [0.2, 0.25) is 5.95 Å². The van der Waals surface area contributed by atoms with Gasteiger partial charge in [0.1, 0.15) is 17.3 Å². The zero-order valence-electron chi connectivity index (χ0n) is 26.6. The van der Waals surface area contributed by atoms with Crippen LogP contribution in [-0.2, 0) is 9.84 Å². The molecule has 1 aliphatic rings. The van der Waals surface area contributed by atoms with E-state index in [1.165, 1.54) is 11.1 Å². The summed E-state index contributed by atoms with van der Waals surface area (Å²) in [6, 6.07) is 16.7. The molecule has 1 fully saturated rings. The Kier molecular flexibility index (Phi) is 9.31. The summed E-state index contributed by atoms with van der Waals surface area (Å²) in [4.78, 5) is 12.3. The molecule has 10 heteroatoms. The summed E-state index contributed by atoms with van der Waals surface area (Å²) in [7, 11) is 0.219. The van der Waals surface area contributed by atoms with Crippen LogP contribution in [0.2, 0.25) is 0 Å². The van der Waals surface area contributed by atoms with Crippen LogP contribution in [0, 0.1) is 6.92 Å². The van der Waals surface area contributed by atoms with E-state index in [9.17, 15) is 8.42 Å². The Morgan fingerprint density at radius 1 is 0.932 bits per heavy atom. The van der Waals surface area contributed by atoms with Crippen LogP contribution in [0.3, 0.4) is 0 Å². The first-order valence-corrected chi connectivity index (χ1v) is 16.7. The Balaban J connectivity index is 1.58. The second kappa shape index (κ2) is 13.0. The van der Waals surface area contributed by atoms with Crippen LogP contribution < -0.4 is 20.1 Å². The lowest BCUT2D eigenvalue weighted by molar-refractivity contribution is 0.241. The lowest BCUT2D eigenvalue weighted by Gasteiger charge is -2.30. The lowest BCUT2D eigenvalue weighted by atomic mass is 9.86. The van der Waals surface area contributed by atoms with Gasteiger partial charge in [-0.2, -0.15) is 4.98 Å². The van der Waals surface area contributed by atoms with Gasteiger partial charge in [0.05, 0.1) is 40.3 Å². The van der Waals surface area contributed by atoms with E-state index in [-0.39, 0.29) is 11.0 Å². The van der Waals surface area contributed by atoms with Crippen molar-refractivity contribution in [3.8, 4) is 11.5 Å². The highest BCUT2D eigenvalue weighted by Gasteiger charge is 2.25. The molecule has 44 heavy (non-hydrogen) atoms. The number of sulfone groups is 1. The number of benzene rings is 3. The second-order valence-corrected chi connectivity index (χ2v) is 14.5. The third kappa shape index (κ3) is 6.76. The number of ether oxygens (including phenoxy) is 2. The van der Waals surface area contributed by atoms with Gasteiger partial charge in [0, 0.05) is 5.39 Å². The van der Waals surface area contributed by atoms with Gasteiger partial charge in [-0.1, -0.05) is 12.1 Å². The van der Waals surface area contributed by atoms with Crippen molar-refractivity contribution in [2.45, 2.75) is 69.6 Å². The van der Waals surface area contributed by atoms with E-state index in [2.05, 4.69) is 41.6 Å². The molecule has 0 aliphatic carbocycles. The van der Waals surface area contributed by atoms with E-state index in [1.54, 1.807) is 45.2 Å². The minimum Gasteiger partial charge on any atom is -0.497 e. The minimum atomic E-state index is -3.56. The standard InChI is InChI=1S/C34H43N5O4S/c1-21(2)43-31-20-26(24-14-16-39(6)17-15-24)23(5)18-30(31)37-34-36-28-13-12-25(42-7)19-27(28)33(38-34)35-29-10-8-9-11-32(29)44(40,41)22(3)4/h8-13,18-22,24H,14-17H2,1-7H3,(H2,35,36,37,38). The Bertz CT molecular complexity index is 1750. The molecule has 2 heterocycles. The van der Waals surface area contributed by atoms with Gasteiger partial charge in [-0.25, -0.2) is 13.4 Å². The molecule has 4 aromatic rings. The predicted molar refractivity (Wildman–Crippen MR) is 178 cm³/mol. The van der Waals surface area contributed by atoms with Gasteiger partial charge in [-0.05, 0) is 127 Å². The highest BCUT2D eigenvalue weighted by Crippen LogP contribution is 2.39. The van der Waals surface area contributed by atoms with Gasteiger partial charge in [-0.3, -0.25) is 0 Å². The van der Waals surface area contributed by atoms with Crippen LogP contribution in [-0.4, -0.2) is 61.9 Å². The summed E-state index contributed by atoms with van der Waals surface area (Å²) in [5, 5.41) is 6.84. The van der Waals surface area contributed by atoms with Gasteiger partial charge < -0.3 is 25.0 Å². The number of fused-ring (bicyclic) bond motifs is 1. The van der Waals surface area contributed by atoms with E-state index in [4.69, 9.17) is 19.4 Å². The smallest absolute Gasteiger partial charge is 0.229 e. The Labute approximate surface area is 260 Å². The number of hydrogen-bond donors (Lipinski definition) is 2. The maximum absolute atomic E-state index is 13.2. The van der Waals surface area contributed by atoms with E-state index < -0.39 is 15.1 Å². The van der Waals surface area contributed by atoms with Gasteiger partial charge >= 0.3 is 0 Å². The molecule has 0 saturated carbocycles. The van der Waals surface area contributed by atoms with Crippen LogP contribution in [0.4, 0.5) is 23.1 Å². The van der Waals surface area contributed by atoms with Crippen LogP contribution >= 0.6 is 0 Å². The average Bonchev–Trinajstić information content (AvgIpc) is 2.98. The van der Waals surface area contributed by atoms with E-state index in [1.807, 2.05) is 32.0 Å². The maximum atomic E-state index is 13.2. The van der Waals surface area contributed by atoms with Gasteiger partial charge in [0.25, 0.3) is 0 Å². The monoisotopic (exact) mass is 617 g/mol. The highest BCUT2D eigenvalue weighted by molar-refractivity contribution is 7.92. The van der Waals surface area contributed by atoms with Crippen molar-refractivity contribution in [3.05, 3.63) is 65.7 Å². The van der Waals surface area contributed by atoms with Crippen LogP contribution in [0.1, 0.15) is 57.6 Å².